The minimum Gasteiger partial charge on any atom is -0.292 e. The molecule has 0 amide bonds. The Balaban J connectivity index is 1.65. The SMILES string of the molecule is Cc1c2ccccc2c2[nH]n3c4ccc5c6ccccc6c(=S)c6ccc(c7ccc1c2c73)c4c65. The van der Waals surface area contributed by atoms with Crippen LogP contribution in [0.3, 0.4) is 0 Å². The summed E-state index contributed by atoms with van der Waals surface area (Å²) in [5.74, 6) is 0. The maximum atomic E-state index is 6.02. The average Bonchev–Trinajstić information content (AvgIpc) is 3.31. The van der Waals surface area contributed by atoms with Crippen LogP contribution in [0.4, 0.5) is 0 Å². The number of hydrogen-bond acceptors (Lipinski definition) is 1. The number of nitrogens with zero attached hydrogens (tertiary/aromatic N) is 1. The highest BCUT2D eigenvalue weighted by atomic mass is 32.1. The normalized spacial score (nSPS) is 12.8. The Morgan fingerprint density at radius 2 is 1.17 bits per heavy atom. The lowest BCUT2D eigenvalue weighted by molar-refractivity contribution is 1.04. The van der Waals surface area contributed by atoms with E-state index in [0.29, 0.717) is 0 Å². The van der Waals surface area contributed by atoms with Gasteiger partial charge in [0.15, 0.2) is 0 Å². The van der Waals surface area contributed by atoms with Gasteiger partial charge in [0, 0.05) is 37.7 Å². The molecule has 0 unspecified atom stereocenters. The molecule has 0 aliphatic carbocycles. The van der Waals surface area contributed by atoms with Crippen LogP contribution in [0.2, 0.25) is 0 Å². The van der Waals surface area contributed by atoms with Crippen LogP contribution in [0.25, 0.3) is 81.2 Å². The van der Waals surface area contributed by atoms with Crippen LogP contribution in [-0.2, 0) is 0 Å². The topological polar surface area (TPSA) is 20.2 Å². The number of nitrogens with one attached hydrogen (secondary N) is 1. The predicted octanol–water partition coefficient (Wildman–Crippen LogP) is 9.25. The van der Waals surface area contributed by atoms with E-state index in [9.17, 15) is 0 Å². The third-order valence-electron chi connectivity index (χ3n) is 8.26. The van der Waals surface area contributed by atoms with Crippen molar-refractivity contribution < 1.29 is 0 Å². The monoisotopic (exact) mass is 462 g/mol. The predicted molar refractivity (Wildman–Crippen MR) is 152 cm³/mol. The number of aromatic amines is 1. The van der Waals surface area contributed by atoms with Gasteiger partial charge in [-0.2, -0.15) is 0 Å². The lowest BCUT2D eigenvalue weighted by atomic mass is 9.90. The number of benzene rings is 7. The van der Waals surface area contributed by atoms with Crippen LogP contribution in [0.15, 0.2) is 84.9 Å². The summed E-state index contributed by atoms with van der Waals surface area (Å²) in [6.07, 6.45) is 0. The highest BCUT2D eigenvalue weighted by Gasteiger charge is 2.21. The molecule has 3 heteroatoms. The molecule has 0 saturated heterocycles. The Kier molecular flexibility index (Phi) is 3.05. The highest BCUT2D eigenvalue weighted by molar-refractivity contribution is 7.72. The molecule has 1 N–H and O–H groups in total. The average molecular weight is 463 g/mol. The van der Waals surface area contributed by atoms with Crippen LogP contribution in [0, 0.1) is 11.4 Å². The third-order valence-corrected chi connectivity index (χ3v) is 8.70. The summed E-state index contributed by atoms with van der Waals surface area (Å²) in [7, 11) is 0. The van der Waals surface area contributed by atoms with Gasteiger partial charge in [0.1, 0.15) is 0 Å². The fraction of sp³-hybridized carbons (Fsp3) is 0.0312. The first-order valence-electron chi connectivity index (χ1n) is 12.0. The van der Waals surface area contributed by atoms with E-state index in [1.807, 2.05) is 0 Å². The quantitative estimate of drug-likeness (QED) is 0.135. The molecule has 9 rings (SSSR count). The van der Waals surface area contributed by atoms with Gasteiger partial charge < -0.3 is 0 Å². The van der Waals surface area contributed by atoms with Crippen LogP contribution in [-0.4, -0.2) is 9.61 Å². The number of rotatable bonds is 0. The molecule has 0 aliphatic rings. The maximum Gasteiger partial charge on any atom is 0.0809 e. The molecule has 162 valence electrons. The number of pyridine rings is 1. The van der Waals surface area contributed by atoms with Gasteiger partial charge in [-0.1, -0.05) is 91.1 Å². The molecular formula is C32H18N2S. The molecule has 0 saturated carbocycles. The van der Waals surface area contributed by atoms with E-state index in [1.54, 1.807) is 0 Å². The van der Waals surface area contributed by atoms with Crippen molar-refractivity contribution in [2.75, 3.05) is 0 Å². The van der Waals surface area contributed by atoms with Gasteiger partial charge in [-0.25, -0.2) is 0 Å². The van der Waals surface area contributed by atoms with Crippen LogP contribution in [0.5, 0.6) is 0 Å². The molecule has 7 aromatic carbocycles. The molecule has 0 bridgehead atoms. The Morgan fingerprint density at radius 3 is 2.03 bits per heavy atom. The van der Waals surface area contributed by atoms with E-state index in [4.69, 9.17) is 12.2 Å². The first-order valence-corrected chi connectivity index (χ1v) is 12.4. The lowest BCUT2D eigenvalue weighted by Crippen LogP contribution is -1.95. The summed E-state index contributed by atoms with van der Waals surface area (Å²) in [5.41, 5.74) is 5.00. The molecule has 0 atom stereocenters. The molecule has 0 aliphatic heterocycles. The maximum absolute atomic E-state index is 6.02. The van der Waals surface area contributed by atoms with Crippen LogP contribution >= 0.6 is 12.2 Å². The zero-order valence-corrected chi connectivity index (χ0v) is 19.8. The second-order valence-electron chi connectivity index (χ2n) is 9.79. The van der Waals surface area contributed by atoms with Gasteiger partial charge in [-0.3, -0.25) is 9.61 Å². The molecule has 2 aromatic heterocycles. The lowest BCUT2D eigenvalue weighted by Gasteiger charge is -2.16. The zero-order chi connectivity index (χ0) is 23.0. The summed E-state index contributed by atoms with van der Waals surface area (Å²) in [4.78, 5) is 0. The number of H-pyrrole nitrogens is 1. The molecular weight excluding hydrogens is 444 g/mol. The second kappa shape index (κ2) is 5.88. The Labute approximate surface area is 204 Å². The van der Waals surface area contributed by atoms with Crippen molar-refractivity contribution in [2.24, 2.45) is 0 Å². The van der Waals surface area contributed by atoms with Gasteiger partial charge >= 0.3 is 0 Å². The van der Waals surface area contributed by atoms with E-state index in [1.165, 1.54) is 76.0 Å². The molecule has 9 aromatic rings. The van der Waals surface area contributed by atoms with Crippen molar-refractivity contribution in [3.63, 3.8) is 0 Å². The zero-order valence-electron chi connectivity index (χ0n) is 18.9. The van der Waals surface area contributed by atoms with Gasteiger partial charge in [0.2, 0.25) is 0 Å². The van der Waals surface area contributed by atoms with Crippen molar-refractivity contribution in [3.05, 3.63) is 95.0 Å². The number of aryl methyl sites for hydroxylation is 1. The Bertz CT molecular complexity index is 2400. The standard InChI is InChI=1S/C32H18N2S/c1-16-17-6-2-4-8-22(17)30-29-18(16)10-12-23-21-11-13-25-27-20(19-7-3-5-9-24(19)32(25)35)14-15-26(28(21)27)34(33-30)31(23)29/h2-15,33H,1H3. The Hall–Kier alpha value is -4.21. The minimum absolute atomic E-state index is 0.942. The van der Waals surface area contributed by atoms with Crippen LogP contribution in [0.1, 0.15) is 5.56 Å². The van der Waals surface area contributed by atoms with Gasteiger partial charge in [0.25, 0.3) is 0 Å². The fourth-order valence-corrected chi connectivity index (χ4v) is 7.09. The van der Waals surface area contributed by atoms with E-state index in [2.05, 4.69) is 101 Å². The summed E-state index contributed by atoms with van der Waals surface area (Å²) in [6.45, 7) is 2.25. The van der Waals surface area contributed by atoms with Crippen molar-refractivity contribution in [3.8, 4) is 0 Å². The van der Waals surface area contributed by atoms with E-state index >= 15 is 0 Å². The van der Waals surface area contributed by atoms with E-state index in [-0.39, 0.29) is 0 Å². The van der Waals surface area contributed by atoms with E-state index in [0.717, 1.165) is 15.3 Å². The number of hydrogen-bond donors (Lipinski definition) is 1. The third kappa shape index (κ3) is 1.94. The summed E-state index contributed by atoms with van der Waals surface area (Å²) >= 11 is 6.02. The largest absolute Gasteiger partial charge is 0.292 e. The van der Waals surface area contributed by atoms with Crippen molar-refractivity contribution in [1.82, 2.24) is 9.61 Å². The van der Waals surface area contributed by atoms with Gasteiger partial charge in [0.05, 0.1) is 21.1 Å². The smallest absolute Gasteiger partial charge is 0.0809 e. The summed E-state index contributed by atoms with van der Waals surface area (Å²) < 4.78 is 3.26. The van der Waals surface area contributed by atoms with Gasteiger partial charge in [-0.05, 0) is 45.5 Å². The summed E-state index contributed by atoms with van der Waals surface area (Å²) in [5, 5.41) is 19.0. The molecule has 2 nitrogen and oxygen atoms in total. The molecule has 2 heterocycles. The van der Waals surface area contributed by atoms with Crippen molar-refractivity contribution in [1.29, 1.82) is 0 Å². The highest BCUT2D eigenvalue weighted by Crippen LogP contribution is 2.45. The summed E-state index contributed by atoms with van der Waals surface area (Å²) in [6, 6.07) is 31.0. The first kappa shape index (κ1) is 18.2. The Morgan fingerprint density at radius 1 is 0.543 bits per heavy atom. The molecule has 0 fully saturated rings. The van der Waals surface area contributed by atoms with Crippen molar-refractivity contribution in [2.45, 2.75) is 6.92 Å². The molecule has 0 radical (unpaired) electrons. The van der Waals surface area contributed by atoms with Crippen LogP contribution < -0.4 is 0 Å². The minimum atomic E-state index is 0.942. The fourth-order valence-electron chi connectivity index (χ4n) is 6.74. The number of fused-ring (bicyclic) bond motifs is 6. The first-order chi connectivity index (χ1) is 17.2. The second-order valence-corrected chi connectivity index (χ2v) is 10.2. The van der Waals surface area contributed by atoms with Gasteiger partial charge in [-0.15, -0.1) is 0 Å². The molecule has 35 heavy (non-hydrogen) atoms. The molecule has 0 spiro atoms. The van der Waals surface area contributed by atoms with E-state index < -0.39 is 0 Å². The van der Waals surface area contributed by atoms with Crippen molar-refractivity contribution >= 4 is 93.4 Å². The number of aromatic nitrogens is 2.